The largest absolute Gasteiger partial charge is 0.468 e. The Kier molecular flexibility index (Phi) is 4.78. The number of nitrogens with zero attached hydrogens (tertiary/aromatic N) is 4. The maximum absolute atomic E-state index is 11.8. The molecule has 8 heteroatoms. The van der Waals surface area contributed by atoms with Crippen molar-refractivity contribution < 1.29 is 9.53 Å². The van der Waals surface area contributed by atoms with Crippen molar-refractivity contribution in [1.29, 1.82) is 0 Å². The number of fused-ring (bicyclic) bond motifs is 2. The van der Waals surface area contributed by atoms with Crippen LogP contribution in [0, 0.1) is 6.92 Å². The van der Waals surface area contributed by atoms with Gasteiger partial charge in [0, 0.05) is 40.7 Å². The molecule has 0 saturated carbocycles. The average molecular weight is 416 g/mol. The molecule has 158 valence electrons. The fourth-order valence-corrected chi connectivity index (χ4v) is 4.37. The number of nitrogen functional groups attached to an aromatic ring is 1. The van der Waals surface area contributed by atoms with Gasteiger partial charge in [-0.25, -0.2) is 4.98 Å². The third-order valence-corrected chi connectivity index (χ3v) is 6.16. The van der Waals surface area contributed by atoms with Crippen LogP contribution in [-0.4, -0.2) is 45.2 Å². The van der Waals surface area contributed by atoms with E-state index in [1.807, 2.05) is 37.4 Å². The van der Waals surface area contributed by atoms with Crippen LogP contribution in [0.2, 0.25) is 0 Å². The maximum atomic E-state index is 11.8. The van der Waals surface area contributed by atoms with Crippen LogP contribution in [0.4, 0.5) is 5.82 Å². The molecule has 5 rings (SSSR count). The highest BCUT2D eigenvalue weighted by atomic mass is 16.5. The van der Waals surface area contributed by atoms with Crippen LogP contribution in [-0.2, 0) is 9.53 Å². The molecule has 8 nitrogen and oxygen atoms in total. The van der Waals surface area contributed by atoms with Crippen LogP contribution in [0.5, 0.6) is 0 Å². The Bertz CT molecular complexity index is 1290. The van der Waals surface area contributed by atoms with E-state index >= 15 is 0 Å². The number of methoxy groups -OCH3 is 1. The zero-order valence-electron chi connectivity index (χ0n) is 17.5. The van der Waals surface area contributed by atoms with E-state index in [-0.39, 0.29) is 17.9 Å². The number of ether oxygens (including phenoxy) is 1. The van der Waals surface area contributed by atoms with Crippen molar-refractivity contribution in [1.82, 2.24) is 24.9 Å². The summed E-state index contributed by atoms with van der Waals surface area (Å²) in [7, 11) is 1.42. The van der Waals surface area contributed by atoms with Crippen LogP contribution in [0.15, 0.2) is 42.7 Å². The van der Waals surface area contributed by atoms with Crippen LogP contribution in [0.3, 0.4) is 0 Å². The Morgan fingerprint density at radius 2 is 2.10 bits per heavy atom. The van der Waals surface area contributed by atoms with Gasteiger partial charge in [0.15, 0.2) is 5.65 Å². The molecule has 3 N–H and O–H groups in total. The number of carbonyl (C=O) groups excluding carboxylic acids is 1. The van der Waals surface area contributed by atoms with E-state index in [2.05, 4.69) is 21.5 Å². The number of nitrogens with one attached hydrogen (secondary N) is 1. The van der Waals surface area contributed by atoms with Crippen molar-refractivity contribution in [3.63, 3.8) is 0 Å². The first-order valence-electron chi connectivity index (χ1n) is 10.4. The van der Waals surface area contributed by atoms with E-state index in [0.29, 0.717) is 24.4 Å². The van der Waals surface area contributed by atoms with Crippen molar-refractivity contribution in [3.05, 3.63) is 54.0 Å². The van der Waals surface area contributed by atoms with Crippen LogP contribution in [0.25, 0.3) is 27.7 Å². The lowest BCUT2D eigenvalue weighted by atomic mass is 9.90. The number of piperidine rings is 1. The zero-order chi connectivity index (χ0) is 21.5. The molecule has 4 heterocycles. The summed E-state index contributed by atoms with van der Waals surface area (Å²) in [6.07, 6.45) is 5.17. The molecule has 2 atom stereocenters. The standard InChI is InChI=1S/C23H24N6O2/c1-13-20(15-7-8-19(26-10-15)23(30)31-2)28-22-17(12-27-29(22)21(13)24)16-9-14-5-3-4-6-18(14)25-11-16/h3-6,9,11-12,15,19,26H,7-8,10,24H2,1-2H3/t15-,19-/m0/s1. The second-order valence-electron chi connectivity index (χ2n) is 7.98. The Hall–Kier alpha value is -3.52. The molecule has 1 saturated heterocycles. The topological polar surface area (TPSA) is 107 Å². The summed E-state index contributed by atoms with van der Waals surface area (Å²) in [5, 5.41) is 8.84. The van der Waals surface area contributed by atoms with Crippen molar-refractivity contribution in [2.75, 3.05) is 19.4 Å². The molecule has 1 aromatic carbocycles. The van der Waals surface area contributed by atoms with Gasteiger partial charge in [-0.05, 0) is 31.9 Å². The quantitative estimate of drug-likeness (QED) is 0.495. The molecule has 1 fully saturated rings. The molecular formula is C23H24N6O2. The van der Waals surface area contributed by atoms with E-state index < -0.39 is 0 Å². The third kappa shape index (κ3) is 3.29. The minimum atomic E-state index is -0.267. The molecule has 1 aliphatic heterocycles. The minimum absolute atomic E-state index is 0.158. The number of anilines is 1. The number of nitrogens with two attached hydrogens (primary N) is 1. The summed E-state index contributed by atoms with van der Waals surface area (Å²) in [6, 6.07) is 9.84. The molecule has 1 aliphatic rings. The number of benzene rings is 1. The summed E-state index contributed by atoms with van der Waals surface area (Å²) >= 11 is 0. The molecule has 4 aromatic rings. The molecule has 3 aromatic heterocycles. The van der Waals surface area contributed by atoms with Crippen molar-refractivity contribution >= 4 is 28.3 Å². The lowest BCUT2D eigenvalue weighted by molar-refractivity contribution is -0.143. The van der Waals surface area contributed by atoms with Crippen molar-refractivity contribution in [2.45, 2.75) is 31.7 Å². The molecule has 0 aliphatic carbocycles. The molecule has 0 amide bonds. The van der Waals surface area contributed by atoms with Crippen LogP contribution < -0.4 is 11.1 Å². The van der Waals surface area contributed by atoms with E-state index in [4.69, 9.17) is 15.5 Å². The number of para-hydroxylation sites is 1. The molecule has 0 spiro atoms. The number of hydrogen-bond acceptors (Lipinski definition) is 7. The normalized spacial score (nSPS) is 19.0. The smallest absolute Gasteiger partial charge is 0.322 e. The van der Waals surface area contributed by atoms with E-state index in [0.717, 1.165) is 39.7 Å². The van der Waals surface area contributed by atoms with Gasteiger partial charge in [-0.2, -0.15) is 9.61 Å². The van der Waals surface area contributed by atoms with Gasteiger partial charge in [0.1, 0.15) is 11.9 Å². The summed E-state index contributed by atoms with van der Waals surface area (Å²) < 4.78 is 6.55. The Morgan fingerprint density at radius 3 is 2.87 bits per heavy atom. The summed E-state index contributed by atoms with van der Waals surface area (Å²) in [6.45, 7) is 2.62. The predicted octanol–water partition coefficient (Wildman–Crippen LogP) is 2.84. The fourth-order valence-electron chi connectivity index (χ4n) is 4.37. The monoisotopic (exact) mass is 416 g/mol. The maximum Gasteiger partial charge on any atom is 0.322 e. The highest BCUT2D eigenvalue weighted by Gasteiger charge is 2.30. The van der Waals surface area contributed by atoms with Gasteiger partial charge in [-0.15, -0.1) is 0 Å². The average Bonchev–Trinajstić information content (AvgIpc) is 3.25. The van der Waals surface area contributed by atoms with E-state index in [9.17, 15) is 4.79 Å². The minimum Gasteiger partial charge on any atom is -0.468 e. The third-order valence-electron chi connectivity index (χ3n) is 6.16. The van der Waals surface area contributed by atoms with Gasteiger partial charge < -0.3 is 15.8 Å². The van der Waals surface area contributed by atoms with Gasteiger partial charge in [-0.1, -0.05) is 18.2 Å². The van der Waals surface area contributed by atoms with Gasteiger partial charge in [0.2, 0.25) is 0 Å². The van der Waals surface area contributed by atoms with Gasteiger partial charge in [0.25, 0.3) is 0 Å². The molecule has 0 bridgehead atoms. The molecule has 0 unspecified atom stereocenters. The van der Waals surface area contributed by atoms with Crippen LogP contribution >= 0.6 is 0 Å². The second kappa shape index (κ2) is 7.63. The molecule has 0 radical (unpaired) electrons. The highest BCUT2D eigenvalue weighted by Crippen LogP contribution is 2.33. The zero-order valence-corrected chi connectivity index (χ0v) is 17.5. The second-order valence-corrected chi connectivity index (χ2v) is 7.98. The summed E-state index contributed by atoms with van der Waals surface area (Å²) in [5.74, 6) is 0.515. The number of pyridine rings is 1. The Balaban J connectivity index is 1.55. The molecule has 31 heavy (non-hydrogen) atoms. The fraction of sp³-hybridized carbons (Fsp3) is 0.304. The van der Waals surface area contributed by atoms with E-state index in [1.54, 1.807) is 10.7 Å². The van der Waals surface area contributed by atoms with Crippen LogP contribution in [0.1, 0.15) is 30.0 Å². The summed E-state index contributed by atoms with van der Waals surface area (Å²) in [4.78, 5) is 21.4. The number of esters is 1. The van der Waals surface area contributed by atoms with Gasteiger partial charge in [0.05, 0.1) is 24.5 Å². The first kappa shape index (κ1) is 19.4. The van der Waals surface area contributed by atoms with E-state index in [1.165, 1.54) is 7.11 Å². The molecular weight excluding hydrogens is 392 g/mol. The lowest BCUT2D eigenvalue weighted by Gasteiger charge is -2.29. The Morgan fingerprint density at radius 1 is 1.26 bits per heavy atom. The van der Waals surface area contributed by atoms with Gasteiger partial charge in [-0.3, -0.25) is 9.78 Å². The first-order chi connectivity index (χ1) is 15.1. The lowest BCUT2D eigenvalue weighted by Crippen LogP contribution is -2.44. The first-order valence-corrected chi connectivity index (χ1v) is 10.4. The Labute approximate surface area is 179 Å². The SMILES string of the molecule is COC(=O)[C@@H]1CC[C@H](c2nc3c(-c4cnc5ccccc5c4)cnn3c(N)c2C)CN1. The van der Waals surface area contributed by atoms with Gasteiger partial charge >= 0.3 is 5.97 Å². The number of aromatic nitrogens is 4. The highest BCUT2D eigenvalue weighted by molar-refractivity contribution is 5.87. The number of rotatable bonds is 3. The predicted molar refractivity (Wildman–Crippen MR) is 119 cm³/mol. The summed E-state index contributed by atoms with van der Waals surface area (Å²) in [5.41, 5.74) is 11.8. The number of hydrogen-bond donors (Lipinski definition) is 2. The van der Waals surface area contributed by atoms with Crippen molar-refractivity contribution in [3.8, 4) is 11.1 Å². The number of carbonyl (C=O) groups is 1. The van der Waals surface area contributed by atoms with Crippen molar-refractivity contribution in [2.24, 2.45) is 0 Å².